The third-order valence-electron chi connectivity index (χ3n) is 4.06. The van der Waals surface area contributed by atoms with Gasteiger partial charge in [0.25, 0.3) is 11.8 Å². The number of aromatic nitrogens is 1. The molecule has 0 saturated heterocycles. The summed E-state index contributed by atoms with van der Waals surface area (Å²) in [6.07, 6.45) is 0. The molecule has 0 radical (unpaired) electrons. The molecule has 3 N–H and O–H groups in total. The highest BCUT2D eigenvalue weighted by atomic mass is 16.5. The molecule has 0 aliphatic carbocycles. The van der Waals surface area contributed by atoms with Gasteiger partial charge in [-0.3, -0.25) is 19.6 Å². The Morgan fingerprint density at radius 1 is 1.16 bits per heavy atom. The number of fused-ring (bicyclic) bond motifs is 1. The Bertz CT molecular complexity index is 960. The van der Waals surface area contributed by atoms with Crippen molar-refractivity contribution in [3.8, 4) is 5.75 Å². The van der Waals surface area contributed by atoms with E-state index >= 15 is 0 Å². The SMILES string of the molecule is CCOc1cccc(C(=O)n2c(C)c(C(=O)NN)c3ccccc32)c1. The second kappa shape index (κ2) is 6.78. The first-order chi connectivity index (χ1) is 12.1. The van der Waals surface area contributed by atoms with Gasteiger partial charge in [-0.25, -0.2) is 5.84 Å². The Morgan fingerprint density at radius 2 is 1.92 bits per heavy atom. The lowest BCUT2D eigenvalue weighted by Crippen LogP contribution is -2.30. The van der Waals surface area contributed by atoms with Crippen molar-refractivity contribution in [3.05, 3.63) is 65.4 Å². The molecule has 25 heavy (non-hydrogen) atoms. The van der Waals surface area contributed by atoms with Crippen molar-refractivity contribution < 1.29 is 14.3 Å². The van der Waals surface area contributed by atoms with E-state index in [4.69, 9.17) is 10.6 Å². The van der Waals surface area contributed by atoms with Crippen molar-refractivity contribution in [1.82, 2.24) is 9.99 Å². The molecular weight excluding hydrogens is 318 g/mol. The minimum Gasteiger partial charge on any atom is -0.494 e. The van der Waals surface area contributed by atoms with Crippen molar-refractivity contribution in [2.75, 3.05) is 6.61 Å². The van der Waals surface area contributed by atoms with Crippen molar-refractivity contribution >= 4 is 22.7 Å². The second-order valence-electron chi connectivity index (χ2n) is 5.55. The summed E-state index contributed by atoms with van der Waals surface area (Å²) in [5.41, 5.74) is 4.22. The number of rotatable bonds is 4. The topological polar surface area (TPSA) is 86.3 Å². The molecule has 3 aromatic rings. The molecule has 6 heteroatoms. The number of nitrogens with two attached hydrogens (primary N) is 1. The molecule has 0 atom stereocenters. The maximum Gasteiger partial charge on any atom is 0.267 e. The maximum atomic E-state index is 13.1. The van der Waals surface area contributed by atoms with Gasteiger partial charge >= 0.3 is 0 Å². The number of para-hydroxylation sites is 1. The van der Waals surface area contributed by atoms with E-state index in [1.807, 2.05) is 19.1 Å². The lowest BCUT2D eigenvalue weighted by Gasteiger charge is -2.09. The minimum absolute atomic E-state index is 0.230. The molecule has 0 aliphatic rings. The van der Waals surface area contributed by atoms with Gasteiger partial charge in [-0.15, -0.1) is 0 Å². The third-order valence-corrected chi connectivity index (χ3v) is 4.06. The number of nitrogen functional groups attached to an aromatic ring is 1. The van der Waals surface area contributed by atoms with Gasteiger partial charge in [0.05, 0.1) is 17.7 Å². The van der Waals surface area contributed by atoms with Crippen molar-refractivity contribution in [2.45, 2.75) is 13.8 Å². The summed E-state index contributed by atoms with van der Waals surface area (Å²) in [6, 6.07) is 14.2. The smallest absolute Gasteiger partial charge is 0.267 e. The minimum atomic E-state index is -0.427. The number of benzene rings is 2. The molecule has 1 heterocycles. The van der Waals surface area contributed by atoms with Crippen LogP contribution in [0, 0.1) is 6.92 Å². The van der Waals surface area contributed by atoms with Crippen molar-refractivity contribution in [2.24, 2.45) is 5.84 Å². The largest absolute Gasteiger partial charge is 0.494 e. The van der Waals surface area contributed by atoms with Crippen LogP contribution in [0.3, 0.4) is 0 Å². The summed E-state index contributed by atoms with van der Waals surface area (Å²) in [5.74, 6) is 5.27. The Kier molecular flexibility index (Phi) is 4.54. The predicted octanol–water partition coefficient (Wildman–Crippen LogP) is 2.64. The maximum absolute atomic E-state index is 13.1. The standard InChI is InChI=1S/C19H19N3O3/c1-3-25-14-8-6-7-13(11-14)19(24)22-12(2)17(18(23)21-20)15-9-4-5-10-16(15)22/h4-11H,3,20H2,1-2H3,(H,21,23). The summed E-state index contributed by atoms with van der Waals surface area (Å²) in [7, 11) is 0. The van der Waals surface area contributed by atoms with E-state index in [-0.39, 0.29) is 5.91 Å². The first-order valence-corrected chi connectivity index (χ1v) is 7.97. The van der Waals surface area contributed by atoms with Crippen LogP contribution in [-0.4, -0.2) is 23.0 Å². The van der Waals surface area contributed by atoms with E-state index in [0.29, 0.717) is 40.1 Å². The zero-order chi connectivity index (χ0) is 18.0. The summed E-state index contributed by atoms with van der Waals surface area (Å²) < 4.78 is 7.00. The molecule has 0 unspecified atom stereocenters. The summed E-state index contributed by atoms with van der Waals surface area (Å²) in [5, 5.41) is 0.678. The molecule has 1 aromatic heterocycles. The fourth-order valence-electron chi connectivity index (χ4n) is 3.00. The number of hydrazine groups is 1. The van der Waals surface area contributed by atoms with Crippen LogP contribution in [0.25, 0.3) is 10.9 Å². The van der Waals surface area contributed by atoms with Gasteiger partial charge in [0, 0.05) is 16.6 Å². The van der Waals surface area contributed by atoms with E-state index in [2.05, 4.69) is 5.43 Å². The zero-order valence-corrected chi connectivity index (χ0v) is 14.1. The van der Waals surface area contributed by atoms with Crippen LogP contribution < -0.4 is 16.0 Å². The molecule has 2 aromatic carbocycles. The summed E-state index contributed by atoms with van der Waals surface area (Å²) >= 11 is 0. The molecule has 6 nitrogen and oxygen atoms in total. The Balaban J connectivity index is 2.19. The highest BCUT2D eigenvalue weighted by Crippen LogP contribution is 2.27. The molecule has 0 fully saturated rings. The Labute approximate surface area is 145 Å². The van der Waals surface area contributed by atoms with Gasteiger partial charge in [-0.05, 0) is 38.1 Å². The van der Waals surface area contributed by atoms with Crippen LogP contribution >= 0.6 is 0 Å². The molecule has 1 amide bonds. The number of hydrogen-bond donors (Lipinski definition) is 2. The highest BCUT2D eigenvalue weighted by Gasteiger charge is 2.23. The Hall–Kier alpha value is -3.12. The average molecular weight is 337 g/mol. The number of carbonyl (C=O) groups is 2. The van der Waals surface area contributed by atoms with E-state index < -0.39 is 5.91 Å². The molecule has 128 valence electrons. The van der Waals surface area contributed by atoms with E-state index in [0.717, 1.165) is 0 Å². The second-order valence-corrected chi connectivity index (χ2v) is 5.55. The number of hydrogen-bond acceptors (Lipinski definition) is 4. The monoisotopic (exact) mass is 337 g/mol. The number of ether oxygens (including phenoxy) is 1. The van der Waals surface area contributed by atoms with Crippen molar-refractivity contribution in [1.29, 1.82) is 0 Å². The summed E-state index contributed by atoms with van der Waals surface area (Å²) in [4.78, 5) is 25.3. The van der Waals surface area contributed by atoms with Gasteiger partial charge in [0.15, 0.2) is 0 Å². The first kappa shape index (κ1) is 16.7. The highest BCUT2D eigenvalue weighted by molar-refractivity contribution is 6.12. The normalized spacial score (nSPS) is 10.7. The van der Waals surface area contributed by atoms with Gasteiger partial charge in [-0.1, -0.05) is 24.3 Å². The Morgan fingerprint density at radius 3 is 2.64 bits per heavy atom. The van der Waals surface area contributed by atoms with Crippen LogP contribution in [0.4, 0.5) is 0 Å². The molecule has 0 spiro atoms. The third kappa shape index (κ3) is 2.88. The van der Waals surface area contributed by atoms with Crippen LogP contribution in [-0.2, 0) is 0 Å². The van der Waals surface area contributed by atoms with Gasteiger partial charge in [-0.2, -0.15) is 0 Å². The number of carbonyl (C=O) groups excluding carboxylic acids is 2. The number of amides is 1. The molecular formula is C19H19N3O3. The quantitative estimate of drug-likeness (QED) is 0.435. The van der Waals surface area contributed by atoms with Gasteiger partial charge in [0.1, 0.15) is 5.75 Å². The number of nitrogens with one attached hydrogen (secondary N) is 1. The number of nitrogens with zero attached hydrogens (tertiary/aromatic N) is 1. The van der Waals surface area contributed by atoms with Crippen LogP contribution in [0.15, 0.2) is 48.5 Å². The fourth-order valence-corrected chi connectivity index (χ4v) is 3.00. The van der Waals surface area contributed by atoms with Gasteiger partial charge < -0.3 is 4.74 Å². The lowest BCUT2D eigenvalue weighted by atomic mass is 10.1. The van der Waals surface area contributed by atoms with E-state index in [9.17, 15) is 9.59 Å². The van der Waals surface area contributed by atoms with Crippen LogP contribution in [0.2, 0.25) is 0 Å². The fraction of sp³-hybridized carbons (Fsp3) is 0.158. The van der Waals surface area contributed by atoms with E-state index in [1.54, 1.807) is 43.3 Å². The molecule has 0 bridgehead atoms. The van der Waals surface area contributed by atoms with Crippen molar-refractivity contribution in [3.63, 3.8) is 0 Å². The molecule has 0 aliphatic heterocycles. The van der Waals surface area contributed by atoms with E-state index in [1.165, 1.54) is 4.57 Å². The van der Waals surface area contributed by atoms with Crippen LogP contribution in [0.5, 0.6) is 5.75 Å². The predicted molar refractivity (Wildman–Crippen MR) is 95.7 cm³/mol. The lowest BCUT2D eigenvalue weighted by molar-refractivity contribution is 0.0953. The summed E-state index contributed by atoms with van der Waals surface area (Å²) in [6.45, 7) is 4.13. The van der Waals surface area contributed by atoms with Crippen LogP contribution in [0.1, 0.15) is 33.3 Å². The average Bonchev–Trinajstić information content (AvgIpc) is 2.93. The molecule has 3 rings (SSSR count). The molecule has 0 saturated carbocycles. The van der Waals surface area contributed by atoms with Gasteiger partial charge in [0.2, 0.25) is 0 Å². The first-order valence-electron chi connectivity index (χ1n) is 7.97. The zero-order valence-electron chi connectivity index (χ0n) is 14.1.